The van der Waals surface area contributed by atoms with Gasteiger partial charge in [0.25, 0.3) is 0 Å². The van der Waals surface area contributed by atoms with E-state index < -0.39 is 0 Å². The Morgan fingerprint density at radius 3 is 2.43 bits per heavy atom. The van der Waals surface area contributed by atoms with Gasteiger partial charge < -0.3 is 15.1 Å². The number of piperidine rings is 1. The van der Waals surface area contributed by atoms with Crippen LogP contribution in [-0.2, 0) is 9.59 Å². The average molecular weight is 295 g/mol. The van der Waals surface area contributed by atoms with Crippen molar-refractivity contribution < 1.29 is 9.59 Å². The fraction of sp³-hybridized carbons (Fsp3) is 0.875. The second-order valence-electron chi connectivity index (χ2n) is 6.99. The summed E-state index contributed by atoms with van der Waals surface area (Å²) < 4.78 is 0. The zero-order valence-electron chi connectivity index (χ0n) is 13.8. The van der Waals surface area contributed by atoms with Gasteiger partial charge in [-0.3, -0.25) is 9.59 Å². The molecule has 1 N–H and O–H groups in total. The van der Waals surface area contributed by atoms with Crippen LogP contribution in [0.3, 0.4) is 0 Å². The molecule has 0 aliphatic carbocycles. The van der Waals surface area contributed by atoms with E-state index >= 15 is 0 Å². The first-order chi connectivity index (χ1) is 9.90. The van der Waals surface area contributed by atoms with Crippen LogP contribution in [0, 0.1) is 11.8 Å². The molecule has 21 heavy (non-hydrogen) atoms. The van der Waals surface area contributed by atoms with Crippen molar-refractivity contribution >= 4 is 11.8 Å². The molecule has 0 aromatic carbocycles. The zero-order valence-corrected chi connectivity index (χ0v) is 13.8. The van der Waals surface area contributed by atoms with Gasteiger partial charge >= 0.3 is 0 Å². The highest BCUT2D eigenvalue weighted by Gasteiger charge is 2.40. The molecule has 2 amide bonds. The van der Waals surface area contributed by atoms with Crippen molar-refractivity contribution in [3.63, 3.8) is 0 Å². The first-order valence-corrected chi connectivity index (χ1v) is 8.19. The van der Waals surface area contributed by atoms with Gasteiger partial charge in [-0.1, -0.05) is 13.8 Å². The topological polar surface area (TPSA) is 52.7 Å². The number of carbonyl (C=O) groups is 2. The first-order valence-electron chi connectivity index (χ1n) is 8.19. The Balaban J connectivity index is 1.97. The Morgan fingerprint density at radius 1 is 1.24 bits per heavy atom. The summed E-state index contributed by atoms with van der Waals surface area (Å²) in [6, 6.07) is -0.690. The SMILES string of the molecule is CC1NC(=O)C(C(C)C)N(CCC2CCN(C)CC2)C1=O. The summed E-state index contributed by atoms with van der Waals surface area (Å²) in [7, 11) is 2.16. The van der Waals surface area contributed by atoms with E-state index in [1.54, 1.807) is 6.92 Å². The number of rotatable bonds is 4. The molecule has 0 saturated carbocycles. The molecule has 5 nitrogen and oxygen atoms in total. The molecule has 120 valence electrons. The second kappa shape index (κ2) is 6.77. The lowest BCUT2D eigenvalue weighted by atomic mass is 9.91. The molecule has 0 spiro atoms. The predicted octanol–water partition coefficient (Wildman–Crippen LogP) is 1.09. The molecule has 2 aliphatic heterocycles. The fourth-order valence-electron chi connectivity index (χ4n) is 3.47. The van der Waals surface area contributed by atoms with E-state index in [2.05, 4.69) is 17.3 Å². The minimum Gasteiger partial charge on any atom is -0.343 e. The van der Waals surface area contributed by atoms with Gasteiger partial charge in [-0.25, -0.2) is 0 Å². The van der Waals surface area contributed by atoms with Crippen LogP contribution in [-0.4, -0.2) is 60.4 Å². The van der Waals surface area contributed by atoms with Crippen LogP contribution < -0.4 is 5.32 Å². The molecular formula is C16H29N3O2. The average Bonchev–Trinajstić information content (AvgIpc) is 2.42. The lowest BCUT2D eigenvalue weighted by Gasteiger charge is -2.41. The van der Waals surface area contributed by atoms with E-state index in [0.29, 0.717) is 12.5 Å². The maximum Gasteiger partial charge on any atom is 0.245 e. The lowest BCUT2D eigenvalue weighted by molar-refractivity contribution is -0.150. The summed E-state index contributed by atoms with van der Waals surface area (Å²) >= 11 is 0. The quantitative estimate of drug-likeness (QED) is 0.845. The molecule has 0 bridgehead atoms. The van der Waals surface area contributed by atoms with Gasteiger partial charge in [-0.15, -0.1) is 0 Å². The van der Waals surface area contributed by atoms with Crippen LogP contribution in [0.25, 0.3) is 0 Å². The number of nitrogens with one attached hydrogen (secondary N) is 1. The highest BCUT2D eigenvalue weighted by molar-refractivity contribution is 5.96. The van der Waals surface area contributed by atoms with Gasteiger partial charge in [0.05, 0.1) is 0 Å². The van der Waals surface area contributed by atoms with Crippen molar-refractivity contribution in [2.75, 3.05) is 26.7 Å². The Bertz CT molecular complexity index is 389. The molecule has 2 atom stereocenters. The number of hydrogen-bond donors (Lipinski definition) is 1. The maximum absolute atomic E-state index is 12.4. The highest BCUT2D eigenvalue weighted by atomic mass is 16.2. The molecular weight excluding hydrogens is 266 g/mol. The normalized spacial score (nSPS) is 29.1. The van der Waals surface area contributed by atoms with E-state index in [9.17, 15) is 9.59 Å². The van der Waals surface area contributed by atoms with Gasteiger partial charge in [-0.05, 0) is 58.2 Å². The summed E-state index contributed by atoms with van der Waals surface area (Å²) in [6.45, 7) is 8.80. The van der Waals surface area contributed by atoms with E-state index in [4.69, 9.17) is 0 Å². The second-order valence-corrected chi connectivity index (χ2v) is 6.99. The minimum atomic E-state index is -0.384. The molecule has 0 radical (unpaired) electrons. The van der Waals surface area contributed by atoms with Crippen molar-refractivity contribution in [2.45, 2.75) is 52.1 Å². The zero-order chi connectivity index (χ0) is 15.6. The standard InChI is InChI=1S/C16H29N3O2/c1-11(2)14-15(20)17-12(3)16(21)19(14)10-7-13-5-8-18(4)9-6-13/h11-14H,5-10H2,1-4H3,(H,17,20). The van der Waals surface area contributed by atoms with Crippen LogP contribution in [0.5, 0.6) is 0 Å². The molecule has 5 heteroatoms. The van der Waals surface area contributed by atoms with Crippen molar-refractivity contribution in [3.8, 4) is 0 Å². The summed E-state index contributed by atoms with van der Waals surface area (Å²) in [5.41, 5.74) is 0. The minimum absolute atomic E-state index is 0.000442. The molecule has 0 aromatic heterocycles. The van der Waals surface area contributed by atoms with Gasteiger partial charge in [0.2, 0.25) is 11.8 Å². The summed E-state index contributed by atoms with van der Waals surface area (Å²) in [5.74, 6) is 0.905. The Morgan fingerprint density at radius 2 is 1.86 bits per heavy atom. The summed E-state index contributed by atoms with van der Waals surface area (Å²) in [6.07, 6.45) is 3.42. The third-order valence-corrected chi connectivity index (χ3v) is 4.86. The van der Waals surface area contributed by atoms with Crippen LogP contribution in [0.4, 0.5) is 0 Å². The third-order valence-electron chi connectivity index (χ3n) is 4.86. The molecule has 2 heterocycles. The number of piperazine rings is 1. The molecule has 0 aromatic rings. The van der Waals surface area contributed by atoms with Crippen LogP contribution >= 0.6 is 0 Å². The van der Waals surface area contributed by atoms with E-state index in [1.807, 2.05) is 18.7 Å². The molecule has 2 rings (SSSR count). The number of likely N-dealkylation sites (tertiary alicyclic amines) is 1. The first kappa shape index (κ1) is 16.3. The van der Waals surface area contributed by atoms with Crippen LogP contribution in [0.15, 0.2) is 0 Å². The Kier molecular flexibility index (Phi) is 5.25. The maximum atomic E-state index is 12.4. The Labute approximate surface area is 128 Å². The lowest BCUT2D eigenvalue weighted by Crippen LogP contribution is -2.64. The summed E-state index contributed by atoms with van der Waals surface area (Å²) in [5, 5.41) is 2.80. The van der Waals surface area contributed by atoms with Crippen LogP contribution in [0.1, 0.15) is 40.0 Å². The number of nitrogens with zero attached hydrogens (tertiary/aromatic N) is 2. The van der Waals surface area contributed by atoms with Crippen molar-refractivity contribution in [2.24, 2.45) is 11.8 Å². The largest absolute Gasteiger partial charge is 0.343 e. The molecule has 2 saturated heterocycles. The molecule has 2 unspecified atom stereocenters. The van der Waals surface area contributed by atoms with E-state index in [1.165, 1.54) is 12.8 Å². The highest BCUT2D eigenvalue weighted by Crippen LogP contribution is 2.23. The predicted molar refractivity (Wildman–Crippen MR) is 82.8 cm³/mol. The number of hydrogen-bond acceptors (Lipinski definition) is 3. The van der Waals surface area contributed by atoms with Gasteiger partial charge in [0, 0.05) is 6.54 Å². The summed E-state index contributed by atoms with van der Waals surface area (Å²) in [4.78, 5) is 28.8. The van der Waals surface area contributed by atoms with Gasteiger partial charge in [0.1, 0.15) is 12.1 Å². The number of amides is 2. The van der Waals surface area contributed by atoms with Crippen molar-refractivity contribution in [1.29, 1.82) is 0 Å². The van der Waals surface area contributed by atoms with Gasteiger partial charge in [-0.2, -0.15) is 0 Å². The molecule has 2 aliphatic rings. The Hall–Kier alpha value is -1.10. The smallest absolute Gasteiger partial charge is 0.245 e. The van der Waals surface area contributed by atoms with Crippen molar-refractivity contribution in [1.82, 2.24) is 15.1 Å². The van der Waals surface area contributed by atoms with E-state index in [-0.39, 0.29) is 29.8 Å². The van der Waals surface area contributed by atoms with Gasteiger partial charge in [0.15, 0.2) is 0 Å². The molecule has 2 fully saturated rings. The number of carbonyl (C=O) groups excluding carboxylic acids is 2. The monoisotopic (exact) mass is 295 g/mol. The van der Waals surface area contributed by atoms with E-state index in [0.717, 1.165) is 19.5 Å². The van der Waals surface area contributed by atoms with Crippen LogP contribution in [0.2, 0.25) is 0 Å². The van der Waals surface area contributed by atoms with Crippen molar-refractivity contribution in [3.05, 3.63) is 0 Å². The fourth-order valence-corrected chi connectivity index (χ4v) is 3.47. The third kappa shape index (κ3) is 3.76.